The maximum absolute atomic E-state index is 12.1. The lowest BCUT2D eigenvalue weighted by molar-refractivity contribution is -0.139. The minimum Gasteiger partial charge on any atom is -0.481 e. The van der Waals surface area contributed by atoms with Gasteiger partial charge in [0.15, 0.2) is 0 Å². The smallest absolute Gasteiger partial charge is 0.306 e. The molecule has 6 nitrogen and oxygen atoms in total. The van der Waals surface area contributed by atoms with Gasteiger partial charge in [0.2, 0.25) is 10.0 Å². The molecular weight excluding hydrogens is 318 g/mol. The third kappa shape index (κ3) is 4.88. The highest BCUT2D eigenvalue weighted by Gasteiger charge is 2.17. The number of carbonyl (C=O) groups is 1. The van der Waals surface area contributed by atoms with Gasteiger partial charge >= 0.3 is 5.97 Å². The van der Waals surface area contributed by atoms with Gasteiger partial charge in [-0.15, -0.1) is 0 Å². The van der Waals surface area contributed by atoms with Crippen LogP contribution in [0, 0.1) is 0 Å². The van der Waals surface area contributed by atoms with Crippen LogP contribution in [0.5, 0.6) is 0 Å². The molecule has 0 aromatic heterocycles. The lowest BCUT2D eigenvalue weighted by atomic mass is 10.1. The van der Waals surface area contributed by atoms with Crippen LogP contribution in [0.25, 0.3) is 11.1 Å². The monoisotopic (exact) mass is 335 g/mol. The van der Waals surface area contributed by atoms with Crippen molar-refractivity contribution in [3.63, 3.8) is 0 Å². The van der Waals surface area contributed by atoms with E-state index in [1.54, 1.807) is 12.1 Å². The van der Waals surface area contributed by atoms with E-state index in [9.17, 15) is 18.3 Å². The third-order valence-electron chi connectivity index (χ3n) is 3.19. The molecular formula is C16H17NO5S. The van der Waals surface area contributed by atoms with Gasteiger partial charge in [-0.2, -0.15) is 0 Å². The van der Waals surface area contributed by atoms with E-state index in [4.69, 9.17) is 5.11 Å². The van der Waals surface area contributed by atoms with Crippen LogP contribution < -0.4 is 4.72 Å². The van der Waals surface area contributed by atoms with Crippen LogP contribution in [0.2, 0.25) is 0 Å². The lowest BCUT2D eigenvalue weighted by Gasteiger charge is -2.11. The molecule has 2 aromatic carbocycles. The molecule has 0 bridgehead atoms. The van der Waals surface area contributed by atoms with Gasteiger partial charge in [-0.05, 0) is 23.3 Å². The first-order valence-corrected chi connectivity index (χ1v) is 8.42. The van der Waals surface area contributed by atoms with Gasteiger partial charge in [-0.1, -0.05) is 42.5 Å². The van der Waals surface area contributed by atoms with Crippen LogP contribution in [0.4, 0.5) is 0 Å². The van der Waals surface area contributed by atoms with Crippen LogP contribution >= 0.6 is 0 Å². The molecule has 1 unspecified atom stereocenters. The molecule has 3 N–H and O–H groups in total. The molecule has 0 amide bonds. The van der Waals surface area contributed by atoms with Gasteiger partial charge in [0, 0.05) is 6.54 Å². The molecule has 0 heterocycles. The molecule has 0 spiro atoms. The normalized spacial score (nSPS) is 12.7. The molecule has 0 saturated carbocycles. The van der Waals surface area contributed by atoms with E-state index in [1.807, 2.05) is 30.3 Å². The Kier molecular flexibility index (Phi) is 5.49. The molecule has 0 aliphatic heterocycles. The molecule has 2 rings (SSSR count). The molecule has 23 heavy (non-hydrogen) atoms. The predicted molar refractivity (Wildman–Crippen MR) is 85.3 cm³/mol. The van der Waals surface area contributed by atoms with Crippen LogP contribution in [-0.2, 0) is 14.8 Å². The highest BCUT2D eigenvalue weighted by atomic mass is 32.2. The summed E-state index contributed by atoms with van der Waals surface area (Å²) in [5, 5.41) is 17.9. The Labute approximate surface area is 134 Å². The summed E-state index contributed by atoms with van der Waals surface area (Å²) in [6.45, 7) is -0.352. The number of benzene rings is 2. The lowest BCUT2D eigenvalue weighted by Crippen LogP contribution is -2.33. The quantitative estimate of drug-likeness (QED) is 0.711. The molecule has 0 radical (unpaired) electrons. The second-order valence-electron chi connectivity index (χ2n) is 4.99. The Morgan fingerprint density at radius 2 is 1.57 bits per heavy atom. The highest BCUT2D eigenvalue weighted by molar-refractivity contribution is 7.89. The van der Waals surface area contributed by atoms with Gasteiger partial charge in [-0.3, -0.25) is 4.79 Å². The zero-order valence-corrected chi connectivity index (χ0v) is 13.0. The maximum atomic E-state index is 12.1. The van der Waals surface area contributed by atoms with Crippen molar-refractivity contribution in [2.24, 2.45) is 0 Å². The van der Waals surface area contributed by atoms with E-state index in [2.05, 4.69) is 4.72 Å². The predicted octanol–water partition coefficient (Wildman–Crippen LogP) is 1.47. The zero-order valence-electron chi connectivity index (χ0n) is 12.2. The number of aliphatic hydroxyl groups excluding tert-OH is 1. The summed E-state index contributed by atoms with van der Waals surface area (Å²) in [6.07, 6.45) is -1.79. The fourth-order valence-corrected chi connectivity index (χ4v) is 3.09. The van der Waals surface area contributed by atoms with Crippen molar-refractivity contribution in [2.45, 2.75) is 17.4 Å². The average molecular weight is 335 g/mol. The Bertz CT molecular complexity index is 757. The van der Waals surface area contributed by atoms with Crippen LogP contribution in [0.1, 0.15) is 6.42 Å². The standard InChI is InChI=1S/C16H17NO5S/c18-14(10-16(19)20)11-17-23(21,22)15-8-6-13(7-9-15)12-4-2-1-3-5-12/h1-9,14,17-18H,10-11H2,(H,19,20). The van der Waals surface area contributed by atoms with Crippen molar-refractivity contribution in [3.05, 3.63) is 54.6 Å². The van der Waals surface area contributed by atoms with Crippen molar-refractivity contribution < 1.29 is 23.4 Å². The molecule has 122 valence electrons. The first kappa shape index (κ1) is 17.1. The van der Waals surface area contributed by atoms with E-state index >= 15 is 0 Å². The van der Waals surface area contributed by atoms with Gasteiger partial charge < -0.3 is 10.2 Å². The van der Waals surface area contributed by atoms with E-state index < -0.39 is 28.5 Å². The van der Waals surface area contributed by atoms with Gasteiger partial charge in [0.05, 0.1) is 17.4 Å². The van der Waals surface area contributed by atoms with Crippen LogP contribution in [0.15, 0.2) is 59.5 Å². The number of aliphatic carboxylic acids is 1. The molecule has 1 atom stereocenters. The minimum absolute atomic E-state index is 0.0553. The largest absolute Gasteiger partial charge is 0.481 e. The summed E-state index contributed by atoms with van der Waals surface area (Å²) in [5.74, 6) is -1.19. The topological polar surface area (TPSA) is 104 Å². The van der Waals surface area contributed by atoms with E-state index in [-0.39, 0.29) is 11.4 Å². The van der Waals surface area contributed by atoms with Crippen LogP contribution in [-0.4, -0.2) is 37.2 Å². The fraction of sp³-hybridized carbons (Fsp3) is 0.188. The van der Waals surface area contributed by atoms with Crippen molar-refractivity contribution in [1.29, 1.82) is 0 Å². The average Bonchev–Trinajstić information content (AvgIpc) is 2.53. The molecule has 2 aromatic rings. The SMILES string of the molecule is O=C(O)CC(O)CNS(=O)(=O)c1ccc(-c2ccccc2)cc1. The van der Waals surface area contributed by atoms with Crippen LogP contribution in [0.3, 0.4) is 0 Å². The first-order valence-electron chi connectivity index (χ1n) is 6.93. The van der Waals surface area contributed by atoms with E-state index in [0.29, 0.717) is 0 Å². The molecule has 0 fully saturated rings. The molecule has 0 saturated heterocycles. The van der Waals surface area contributed by atoms with Crippen molar-refractivity contribution in [3.8, 4) is 11.1 Å². The van der Waals surface area contributed by atoms with Crippen molar-refractivity contribution in [1.82, 2.24) is 4.72 Å². The summed E-state index contributed by atoms with van der Waals surface area (Å²) in [7, 11) is -3.79. The van der Waals surface area contributed by atoms with Gasteiger partial charge in [-0.25, -0.2) is 13.1 Å². The zero-order chi connectivity index (χ0) is 16.9. The first-order chi connectivity index (χ1) is 10.9. The number of nitrogens with one attached hydrogen (secondary N) is 1. The molecule has 7 heteroatoms. The highest BCUT2D eigenvalue weighted by Crippen LogP contribution is 2.20. The maximum Gasteiger partial charge on any atom is 0.306 e. The summed E-state index contributed by atoms with van der Waals surface area (Å²) in [4.78, 5) is 10.5. The Morgan fingerprint density at radius 3 is 2.13 bits per heavy atom. The van der Waals surface area contributed by atoms with Gasteiger partial charge in [0.1, 0.15) is 0 Å². The minimum atomic E-state index is -3.79. The van der Waals surface area contributed by atoms with Crippen molar-refractivity contribution in [2.75, 3.05) is 6.54 Å². The summed E-state index contributed by atoms with van der Waals surface area (Å²) in [6, 6.07) is 15.8. The number of hydrogen-bond donors (Lipinski definition) is 3. The second kappa shape index (κ2) is 7.36. The van der Waals surface area contributed by atoms with Gasteiger partial charge in [0.25, 0.3) is 0 Å². The number of rotatable bonds is 7. The van der Waals surface area contributed by atoms with E-state index in [1.165, 1.54) is 12.1 Å². The number of aliphatic hydroxyl groups is 1. The number of sulfonamides is 1. The Hall–Kier alpha value is -2.22. The third-order valence-corrected chi connectivity index (χ3v) is 4.63. The summed E-state index contributed by atoms with van der Waals surface area (Å²) >= 11 is 0. The fourth-order valence-electron chi connectivity index (χ4n) is 2.02. The number of carboxylic acid groups (broad SMARTS) is 1. The second-order valence-corrected chi connectivity index (χ2v) is 6.76. The number of carboxylic acids is 1. The summed E-state index contributed by atoms with van der Waals surface area (Å²) in [5.41, 5.74) is 1.86. The Morgan fingerprint density at radius 1 is 1.00 bits per heavy atom. The molecule has 0 aliphatic carbocycles. The summed E-state index contributed by atoms with van der Waals surface area (Å²) < 4.78 is 26.4. The number of hydrogen-bond acceptors (Lipinski definition) is 4. The van der Waals surface area contributed by atoms with E-state index in [0.717, 1.165) is 11.1 Å². The Balaban J connectivity index is 2.07. The van der Waals surface area contributed by atoms with Crippen molar-refractivity contribution >= 4 is 16.0 Å². The molecule has 0 aliphatic rings.